The van der Waals surface area contributed by atoms with Crippen LogP contribution in [-0.4, -0.2) is 30.9 Å². The second-order valence-corrected chi connectivity index (χ2v) is 6.44. The highest BCUT2D eigenvalue weighted by Crippen LogP contribution is 2.35. The average Bonchev–Trinajstić information content (AvgIpc) is 3.22. The monoisotopic (exact) mass is 391 g/mol. The van der Waals surface area contributed by atoms with Crippen molar-refractivity contribution < 1.29 is 23.7 Å². The number of amides is 1. The first kappa shape index (κ1) is 17.2. The van der Waals surface area contributed by atoms with E-state index in [1.807, 2.05) is 18.2 Å². The van der Waals surface area contributed by atoms with E-state index in [-0.39, 0.29) is 12.7 Å². The van der Waals surface area contributed by atoms with E-state index in [9.17, 15) is 4.79 Å². The highest BCUT2D eigenvalue weighted by Gasteiger charge is 2.15. The minimum Gasteiger partial charge on any atom is -0.486 e. The lowest BCUT2D eigenvalue weighted by atomic mass is 10.2. The quantitative estimate of drug-likeness (QED) is 0.702. The first-order valence-corrected chi connectivity index (χ1v) is 9.08. The van der Waals surface area contributed by atoms with E-state index in [0.29, 0.717) is 53.3 Å². The van der Waals surface area contributed by atoms with Crippen molar-refractivity contribution in [1.29, 1.82) is 0 Å². The van der Waals surface area contributed by atoms with E-state index in [2.05, 4.69) is 15.6 Å². The summed E-state index contributed by atoms with van der Waals surface area (Å²) >= 11 is 0. The number of carbonyl (C=O) groups excluding carboxylic acids is 1. The number of carbonyl (C=O) groups is 1. The Morgan fingerprint density at radius 1 is 0.793 bits per heavy atom. The van der Waals surface area contributed by atoms with Crippen molar-refractivity contribution in [3.05, 3.63) is 60.3 Å². The summed E-state index contributed by atoms with van der Waals surface area (Å²) in [6, 6.07) is 14.1. The summed E-state index contributed by atoms with van der Waals surface area (Å²) in [6.07, 6.45) is 1.58. The molecule has 2 aliphatic rings. The van der Waals surface area contributed by atoms with Crippen LogP contribution in [0.3, 0.4) is 0 Å². The Hall–Kier alpha value is -3.94. The fourth-order valence-electron chi connectivity index (χ4n) is 3.09. The predicted molar refractivity (Wildman–Crippen MR) is 105 cm³/mol. The van der Waals surface area contributed by atoms with Crippen molar-refractivity contribution in [2.75, 3.05) is 30.6 Å². The van der Waals surface area contributed by atoms with Gasteiger partial charge in [0.15, 0.2) is 23.0 Å². The molecule has 0 atom stereocenters. The fourth-order valence-corrected chi connectivity index (χ4v) is 3.09. The number of fused-ring (bicyclic) bond motifs is 2. The Morgan fingerprint density at radius 3 is 2.38 bits per heavy atom. The van der Waals surface area contributed by atoms with E-state index in [1.54, 1.807) is 36.5 Å². The van der Waals surface area contributed by atoms with Gasteiger partial charge in [-0.25, -0.2) is 4.98 Å². The molecule has 8 nitrogen and oxygen atoms in total. The number of pyridine rings is 1. The number of hydrogen-bond acceptors (Lipinski definition) is 7. The molecule has 0 spiro atoms. The number of benzene rings is 2. The lowest BCUT2D eigenvalue weighted by Gasteiger charge is -2.19. The van der Waals surface area contributed by atoms with Gasteiger partial charge in [-0.05, 0) is 36.4 Å². The summed E-state index contributed by atoms with van der Waals surface area (Å²) in [5.41, 5.74) is 1.88. The highest BCUT2D eigenvalue weighted by atomic mass is 16.7. The molecule has 2 aliphatic heterocycles. The molecule has 0 aliphatic carbocycles. The van der Waals surface area contributed by atoms with Crippen molar-refractivity contribution in [3.8, 4) is 23.0 Å². The Labute approximate surface area is 166 Å². The zero-order valence-electron chi connectivity index (χ0n) is 15.3. The number of hydrogen-bond donors (Lipinski definition) is 2. The van der Waals surface area contributed by atoms with Crippen molar-refractivity contribution in [2.24, 2.45) is 0 Å². The van der Waals surface area contributed by atoms with Crippen LogP contribution >= 0.6 is 0 Å². The largest absolute Gasteiger partial charge is 0.486 e. The van der Waals surface area contributed by atoms with Crippen LogP contribution in [0.25, 0.3) is 0 Å². The molecular formula is C21H17N3O5. The lowest BCUT2D eigenvalue weighted by Crippen LogP contribution is -2.16. The zero-order valence-corrected chi connectivity index (χ0v) is 15.3. The van der Waals surface area contributed by atoms with Gasteiger partial charge in [0.25, 0.3) is 5.91 Å². The van der Waals surface area contributed by atoms with Crippen LogP contribution in [0, 0.1) is 0 Å². The summed E-state index contributed by atoms with van der Waals surface area (Å²) in [5, 5.41) is 6.04. The van der Waals surface area contributed by atoms with E-state index in [4.69, 9.17) is 18.9 Å². The molecular weight excluding hydrogens is 374 g/mol. The summed E-state index contributed by atoms with van der Waals surface area (Å²) < 4.78 is 21.7. The second kappa shape index (κ2) is 7.23. The third-order valence-corrected chi connectivity index (χ3v) is 4.47. The number of nitrogens with zero attached hydrogens (tertiary/aromatic N) is 1. The number of rotatable bonds is 4. The minimum absolute atomic E-state index is 0.215. The first-order valence-electron chi connectivity index (χ1n) is 9.08. The second-order valence-electron chi connectivity index (χ2n) is 6.44. The topological polar surface area (TPSA) is 90.9 Å². The molecule has 2 aromatic carbocycles. The average molecular weight is 391 g/mol. The van der Waals surface area contributed by atoms with Crippen molar-refractivity contribution >= 4 is 23.1 Å². The SMILES string of the molecule is O=C(Nc1ccc2c(c1)OCCO2)c1ccnc(Nc2ccc3c(c2)OCO3)c1. The van der Waals surface area contributed by atoms with Crippen LogP contribution in [0.5, 0.6) is 23.0 Å². The van der Waals surface area contributed by atoms with Crippen LogP contribution in [-0.2, 0) is 0 Å². The molecule has 29 heavy (non-hydrogen) atoms. The Morgan fingerprint density at radius 2 is 1.48 bits per heavy atom. The van der Waals surface area contributed by atoms with Gasteiger partial charge in [-0.15, -0.1) is 0 Å². The molecule has 146 valence electrons. The van der Waals surface area contributed by atoms with E-state index >= 15 is 0 Å². The van der Waals surface area contributed by atoms with Crippen LogP contribution in [0.1, 0.15) is 10.4 Å². The maximum Gasteiger partial charge on any atom is 0.255 e. The summed E-state index contributed by atoms with van der Waals surface area (Å²) in [4.78, 5) is 16.9. The van der Waals surface area contributed by atoms with Gasteiger partial charge in [0.05, 0.1) is 0 Å². The van der Waals surface area contributed by atoms with Gasteiger partial charge in [0, 0.05) is 35.3 Å². The molecule has 0 fully saturated rings. The first-order chi connectivity index (χ1) is 14.2. The third-order valence-electron chi connectivity index (χ3n) is 4.47. The Bertz CT molecular complexity index is 1090. The molecule has 0 radical (unpaired) electrons. The molecule has 3 heterocycles. The summed E-state index contributed by atoms with van der Waals surface area (Å²) in [7, 11) is 0. The third kappa shape index (κ3) is 3.60. The molecule has 5 rings (SSSR count). The van der Waals surface area contributed by atoms with Crippen LogP contribution in [0.4, 0.5) is 17.2 Å². The molecule has 0 bridgehead atoms. The maximum absolute atomic E-state index is 12.7. The molecule has 2 N–H and O–H groups in total. The molecule has 0 unspecified atom stereocenters. The van der Waals surface area contributed by atoms with Crippen molar-refractivity contribution in [3.63, 3.8) is 0 Å². The molecule has 0 saturated carbocycles. The van der Waals surface area contributed by atoms with E-state index < -0.39 is 0 Å². The number of ether oxygens (including phenoxy) is 4. The van der Waals surface area contributed by atoms with Crippen molar-refractivity contribution in [1.82, 2.24) is 4.98 Å². The van der Waals surface area contributed by atoms with Gasteiger partial charge in [-0.1, -0.05) is 0 Å². The van der Waals surface area contributed by atoms with Crippen LogP contribution in [0.2, 0.25) is 0 Å². The van der Waals surface area contributed by atoms with Gasteiger partial charge in [-0.2, -0.15) is 0 Å². The van der Waals surface area contributed by atoms with Gasteiger partial charge in [-0.3, -0.25) is 4.79 Å². The predicted octanol–water partition coefficient (Wildman–Crippen LogP) is 3.58. The van der Waals surface area contributed by atoms with Gasteiger partial charge < -0.3 is 29.6 Å². The Balaban J connectivity index is 1.31. The van der Waals surface area contributed by atoms with Gasteiger partial charge in [0.1, 0.15) is 19.0 Å². The lowest BCUT2D eigenvalue weighted by molar-refractivity contribution is 0.102. The summed E-state index contributed by atoms with van der Waals surface area (Å²) in [6.45, 7) is 1.23. The van der Waals surface area contributed by atoms with E-state index in [0.717, 1.165) is 5.69 Å². The Kier molecular flexibility index (Phi) is 4.28. The fraction of sp³-hybridized carbons (Fsp3) is 0.143. The number of nitrogens with one attached hydrogen (secondary N) is 2. The molecule has 0 saturated heterocycles. The van der Waals surface area contributed by atoms with Gasteiger partial charge >= 0.3 is 0 Å². The maximum atomic E-state index is 12.7. The molecule has 1 amide bonds. The molecule has 8 heteroatoms. The normalized spacial score (nSPS) is 13.7. The highest BCUT2D eigenvalue weighted by molar-refractivity contribution is 6.04. The zero-order chi connectivity index (χ0) is 19.6. The molecule has 1 aromatic heterocycles. The smallest absolute Gasteiger partial charge is 0.255 e. The summed E-state index contributed by atoms with van der Waals surface area (Å²) in [5.74, 6) is 2.96. The standard InChI is InChI=1S/C21H17N3O5/c25-21(24-15-2-3-16-18(11-15)27-8-7-26-16)13-5-6-22-20(9-13)23-14-1-4-17-19(10-14)29-12-28-17/h1-6,9-11H,7-8,12H2,(H,22,23)(H,24,25). The van der Waals surface area contributed by atoms with Crippen LogP contribution < -0.4 is 29.6 Å². The molecule has 3 aromatic rings. The van der Waals surface area contributed by atoms with Gasteiger partial charge in [0.2, 0.25) is 6.79 Å². The minimum atomic E-state index is -0.252. The van der Waals surface area contributed by atoms with Crippen molar-refractivity contribution in [2.45, 2.75) is 0 Å². The number of anilines is 3. The van der Waals surface area contributed by atoms with Crippen LogP contribution in [0.15, 0.2) is 54.7 Å². The number of aromatic nitrogens is 1. The van der Waals surface area contributed by atoms with E-state index in [1.165, 1.54) is 0 Å².